The highest BCUT2D eigenvalue weighted by Crippen LogP contribution is 2.33. The van der Waals surface area contributed by atoms with Crippen LogP contribution in [0.1, 0.15) is 60.8 Å². The summed E-state index contributed by atoms with van der Waals surface area (Å²) in [4.78, 5) is 19.5. The van der Waals surface area contributed by atoms with Crippen LogP contribution >= 0.6 is 0 Å². The minimum atomic E-state index is 0.241. The molecule has 0 bridgehead atoms. The zero-order chi connectivity index (χ0) is 19.0. The number of piperidine rings is 1. The number of rotatable bonds is 6. The van der Waals surface area contributed by atoms with Gasteiger partial charge in [0, 0.05) is 56.6 Å². The summed E-state index contributed by atoms with van der Waals surface area (Å²) in [7, 11) is 0. The second kappa shape index (κ2) is 7.49. The van der Waals surface area contributed by atoms with Crippen LogP contribution in [0.25, 0.3) is 0 Å². The molecule has 2 aromatic heterocycles. The van der Waals surface area contributed by atoms with Gasteiger partial charge >= 0.3 is 0 Å². The fourth-order valence-corrected chi connectivity index (χ4v) is 4.19. The molecule has 6 nitrogen and oxygen atoms in total. The van der Waals surface area contributed by atoms with E-state index < -0.39 is 0 Å². The van der Waals surface area contributed by atoms with Crippen LogP contribution in [0.2, 0.25) is 0 Å². The van der Waals surface area contributed by atoms with Crippen molar-refractivity contribution in [1.29, 1.82) is 0 Å². The number of aromatic nitrogens is 4. The molecule has 2 fully saturated rings. The zero-order valence-corrected chi connectivity index (χ0v) is 16.8. The minimum absolute atomic E-state index is 0.241. The van der Waals surface area contributed by atoms with Gasteiger partial charge in [-0.2, -0.15) is 5.10 Å². The van der Waals surface area contributed by atoms with Crippen LogP contribution in [-0.4, -0.2) is 43.2 Å². The number of likely N-dealkylation sites (tertiary alicyclic amines) is 1. The molecule has 1 aliphatic carbocycles. The van der Waals surface area contributed by atoms with E-state index >= 15 is 0 Å². The zero-order valence-electron chi connectivity index (χ0n) is 16.8. The van der Waals surface area contributed by atoms with Crippen molar-refractivity contribution in [2.75, 3.05) is 13.1 Å². The molecule has 1 saturated carbocycles. The average Bonchev–Trinajstić information content (AvgIpc) is 3.31. The third kappa shape index (κ3) is 3.94. The Morgan fingerprint density at radius 1 is 1.22 bits per heavy atom. The quantitative estimate of drug-likeness (QED) is 0.786. The topological polar surface area (TPSA) is 56.0 Å². The van der Waals surface area contributed by atoms with Gasteiger partial charge in [0.05, 0.1) is 5.69 Å². The molecule has 1 amide bonds. The summed E-state index contributed by atoms with van der Waals surface area (Å²) in [6.07, 6.45) is 9.43. The van der Waals surface area contributed by atoms with Crippen LogP contribution in [0.5, 0.6) is 0 Å². The molecule has 0 aromatic carbocycles. The number of hydrogen-bond acceptors (Lipinski definition) is 3. The van der Waals surface area contributed by atoms with Crippen LogP contribution in [0, 0.1) is 26.7 Å². The highest BCUT2D eigenvalue weighted by atomic mass is 16.2. The van der Waals surface area contributed by atoms with Gasteiger partial charge in [0.1, 0.15) is 5.82 Å². The van der Waals surface area contributed by atoms with Crippen LogP contribution in [0.3, 0.4) is 0 Å². The Labute approximate surface area is 161 Å². The fourth-order valence-electron chi connectivity index (χ4n) is 4.19. The maximum absolute atomic E-state index is 12.8. The Morgan fingerprint density at radius 3 is 2.74 bits per heavy atom. The monoisotopic (exact) mass is 369 g/mol. The van der Waals surface area contributed by atoms with E-state index in [0.29, 0.717) is 18.9 Å². The lowest BCUT2D eigenvalue weighted by Gasteiger charge is -2.33. The summed E-state index contributed by atoms with van der Waals surface area (Å²) in [5.41, 5.74) is 3.45. The first kappa shape index (κ1) is 18.3. The molecule has 0 N–H and O–H groups in total. The minimum Gasteiger partial charge on any atom is -0.342 e. The molecule has 1 atom stereocenters. The molecule has 2 aromatic rings. The van der Waals surface area contributed by atoms with E-state index in [-0.39, 0.29) is 5.91 Å². The normalized spacial score (nSPS) is 20.3. The molecule has 2 aliphatic rings. The molecule has 0 radical (unpaired) electrons. The summed E-state index contributed by atoms with van der Waals surface area (Å²) in [5, 5.41) is 4.56. The van der Waals surface area contributed by atoms with Gasteiger partial charge in [-0.1, -0.05) is 0 Å². The van der Waals surface area contributed by atoms with Gasteiger partial charge in [0.25, 0.3) is 0 Å². The van der Waals surface area contributed by atoms with Crippen molar-refractivity contribution in [2.24, 2.45) is 5.92 Å². The Kier molecular flexibility index (Phi) is 5.06. The van der Waals surface area contributed by atoms with E-state index in [4.69, 9.17) is 0 Å². The second-order valence-corrected chi connectivity index (χ2v) is 8.33. The Morgan fingerprint density at radius 2 is 2.04 bits per heavy atom. The molecular weight excluding hydrogens is 338 g/mol. The first-order valence-electron chi connectivity index (χ1n) is 10.3. The fraction of sp³-hybridized carbons (Fsp3) is 0.667. The predicted molar refractivity (Wildman–Crippen MR) is 105 cm³/mol. The molecule has 1 aliphatic heterocycles. The van der Waals surface area contributed by atoms with Crippen molar-refractivity contribution < 1.29 is 4.79 Å². The number of imidazole rings is 1. The molecule has 0 spiro atoms. The first-order chi connectivity index (χ1) is 13.0. The molecule has 4 rings (SSSR count). The van der Waals surface area contributed by atoms with Crippen LogP contribution in [0.4, 0.5) is 0 Å². The van der Waals surface area contributed by atoms with Crippen LogP contribution in [0.15, 0.2) is 12.4 Å². The molecule has 27 heavy (non-hydrogen) atoms. The van der Waals surface area contributed by atoms with E-state index in [0.717, 1.165) is 44.1 Å². The summed E-state index contributed by atoms with van der Waals surface area (Å²) in [6.45, 7) is 9.63. The summed E-state index contributed by atoms with van der Waals surface area (Å²) < 4.78 is 4.31. The van der Waals surface area contributed by atoms with E-state index in [1.807, 2.05) is 22.7 Å². The maximum atomic E-state index is 12.8. The van der Waals surface area contributed by atoms with Gasteiger partial charge in [0.2, 0.25) is 5.91 Å². The lowest BCUT2D eigenvalue weighted by Crippen LogP contribution is -2.40. The lowest BCUT2D eigenvalue weighted by atomic mass is 9.96. The lowest BCUT2D eigenvalue weighted by molar-refractivity contribution is -0.132. The number of amides is 1. The van der Waals surface area contributed by atoms with E-state index in [1.165, 1.54) is 29.9 Å². The third-order valence-electron chi connectivity index (χ3n) is 6.32. The van der Waals surface area contributed by atoms with Crippen molar-refractivity contribution in [3.8, 4) is 0 Å². The SMILES string of the molecule is Cc1nn(CCC(=O)N2CCC[C@@H](c3nccn3CC3CC3)C2)c(C)c1C. The van der Waals surface area contributed by atoms with Crippen molar-refractivity contribution >= 4 is 5.91 Å². The molecule has 3 heterocycles. The number of hydrogen-bond donors (Lipinski definition) is 0. The molecular formula is C21H31N5O. The van der Waals surface area contributed by atoms with Crippen LogP contribution in [-0.2, 0) is 17.9 Å². The standard InChI is InChI=1S/C21H31N5O/c1-15-16(2)23-26(17(15)3)11-8-20(27)24-10-4-5-19(14-24)21-22-9-12-25(21)13-18-6-7-18/h9,12,18-19H,4-8,10-11,13-14H2,1-3H3/t19-/m1/s1. The van der Waals surface area contributed by atoms with E-state index in [1.54, 1.807) is 0 Å². The summed E-state index contributed by atoms with van der Waals surface area (Å²) in [5.74, 6) is 2.62. The Balaban J connectivity index is 1.37. The van der Waals surface area contributed by atoms with Gasteiger partial charge in [-0.05, 0) is 57.9 Å². The van der Waals surface area contributed by atoms with E-state index in [9.17, 15) is 4.79 Å². The van der Waals surface area contributed by atoms with Gasteiger partial charge in [0.15, 0.2) is 0 Å². The summed E-state index contributed by atoms with van der Waals surface area (Å²) in [6, 6.07) is 0. The van der Waals surface area contributed by atoms with Crippen molar-refractivity contribution in [2.45, 2.75) is 71.9 Å². The number of carbonyl (C=O) groups is 1. The predicted octanol–water partition coefficient (Wildman–Crippen LogP) is 3.21. The van der Waals surface area contributed by atoms with Crippen molar-refractivity contribution in [1.82, 2.24) is 24.2 Å². The van der Waals surface area contributed by atoms with Crippen LogP contribution < -0.4 is 0 Å². The van der Waals surface area contributed by atoms with Gasteiger partial charge in [-0.25, -0.2) is 4.98 Å². The highest BCUT2D eigenvalue weighted by Gasteiger charge is 2.29. The number of aryl methyl sites for hydroxylation is 2. The largest absolute Gasteiger partial charge is 0.342 e. The molecule has 146 valence electrons. The first-order valence-corrected chi connectivity index (χ1v) is 10.3. The second-order valence-electron chi connectivity index (χ2n) is 8.33. The van der Waals surface area contributed by atoms with Gasteiger partial charge in [-0.15, -0.1) is 0 Å². The number of nitrogens with zero attached hydrogens (tertiary/aromatic N) is 5. The van der Waals surface area contributed by atoms with Crippen molar-refractivity contribution in [3.05, 3.63) is 35.2 Å². The van der Waals surface area contributed by atoms with Gasteiger partial charge < -0.3 is 9.47 Å². The highest BCUT2D eigenvalue weighted by molar-refractivity contribution is 5.76. The Hall–Kier alpha value is -2.11. The third-order valence-corrected chi connectivity index (χ3v) is 6.32. The average molecular weight is 370 g/mol. The number of carbonyl (C=O) groups excluding carboxylic acids is 1. The molecule has 6 heteroatoms. The maximum Gasteiger partial charge on any atom is 0.224 e. The van der Waals surface area contributed by atoms with Gasteiger partial charge in [-0.3, -0.25) is 9.48 Å². The van der Waals surface area contributed by atoms with E-state index in [2.05, 4.69) is 34.7 Å². The summed E-state index contributed by atoms with van der Waals surface area (Å²) >= 11 is 0. The smallest absolute Gasteiger partial charge is 0.224 e. The Bertz CT molecular complexity index is 817. The van der Waals surface area contributed by atoms with Crippen molar-refractivity contribution in [3.63, 3.8) is 0 Å². The molecule has 1 saturated heterocycles. The molecule has 0 unspecified atom stereocenters.